The molecule has 1 heterocycles. The van der Waals surface area contributed by atoms with Crippen LogP contribution in [0.4, 0.5) is 22.0 Å². The molecule has 0 aromatic carbocycles. The van der Waals surface area contributed by atoms with Crippen molar-refractivity contribution in [3.8, 4) is 0 Å². The van der Waals surface area contributed by atoms with Crippen LogP contribution in [0.15, 0.2) is 16.7 Å². The second kappa shape index (κ2) is 7.75. The first-order valence-electron chi connectivity index (χ1n) is 6.89. The molecule has 2 N–H and O–H groups in total. The first-order chi connectivity index (χ1) is 11.2. The van der Waals surface area contributed by atoms with Crippen molar-refractivity contribution in [1.82, 2.24) is 4.98 Å². The van der Waals surface area contributed by atoms with Crippen LogP contribution in [0.3, 0.4) is 0 Å². The second-order valence-corrected chi connectivity index (χ2v) is 8.85. The highest BCUT2D eigenvalue weighted by Crippen LogP contribution is 2.41. The zero-order valence-corrected chi connectivity index (χ0v) is 15.7. The van der Waals surface area contributed by atoms with Crippen LogP contribution >= 0.6 is 15.9 Å². The van der Waals surface area contributed by atoms with Gasteiger partial charge in [-0.2, -0.15) is 17.6 Å². The predicted molar refractivity (Wildman–Crippen MR) is 86.3 cm³/mol. The molecule has 2 atom stereocenters. The SMILES string of the molecule is CC(C)(C[C@@](CF)(CC(=O)C(F)(F)F)c1cc(Br)cnc1F)S(N)=O. The fourth-order valence-corrected chi connectivity index (χ4v) is 3.26. The number of halogens is 6. The van der Waals surface area contributed by atoms with Gasteiger partial charge in [0.2, 0.25) is 11.7 Å². The Kier molecular flexibility index (Phi) is 6.85. The number of nitrogens with two attached hydrogens (primary N) is 1. The Balaban J connectivity index is 3.55. The highest BCUT2D eigenvalue weighted by atomic mass is 79.9. The summed E-state index contributed by atoms with van der Waals surface area (Å²) in [4.78, 5) is 14.9. The van der Waals surface area contributed by atoms with Gasteiger partial charge in [0.1, 0.15) is 0 Å². The normalized spacial score (nSPS) is 16.4. The first kappa shape index (κ1) is 22.1. The minimum Gasteiger partial charge on any atom is -0.290 e. The van der Waals surface area contributed by atoms with Gasteiger partial charge in [0.25, 0.3) is 0 Å². The number of ketones is 1. The smallest absolute Gasteiger partial charge is 0.290 e. The molecule has 4 nitrogen and oxygen atoms in total. The lowest BCUT2D eigenvalue weighted by molar-refractivity contribution is -0.172. The molecule has 1 rings (SSSR count). The molecule has 1 aromatic rings. The maximum atomic E-state index is 14.2. The Hall–Kier alpha value is -0.940. The first-order valence-corrected chi connectivity index (χ1v) is 8.89. The van der Waals surface area contributed by atoms with Crippen molar-refractivity contribution in [2.45, 2.75) is 43.0 Å². The van der Waals surface area contributed by atoms with Crippen molar-refractivity contribution >= 4 is 32.7 Å². The third kappa shape index (κ3) is 5.27. The fourth-order valence-electron chi connectivity index (χ4n) is 2.51. The Labute approximate surface area is 152 Å². The Morgan fingerprint density at radius 1 is 1.36 bits per heavy atom. The van der Waals surface area contributed by atoms with Crippen LogP contribution in [0, 0.1) is 5.95 Å². The van der Waals surface area contributed by atoms with Crippen LogP contribution in [-0.4, -0.2) is 32.6 Å². The molecular weight excluding hydrogens is 435 g/mol. The van der Waals surface area contributed by atoms with Gasteiger partial charge in [-0.3, -0.25) is 14.3 Å². The summed E-state index contributed by atoms with van der Waals surface area (Å²) in [6.07, 6.45) is -6.10. The maximum absolute atomic E-state index is 14.2. The molecule has 25 heavy (non-hydrogen) atoms. The average molecular weight is 451 g/mol. The molecule has 0 aliphatic rings. The van der Waals surface area contributed by atoms with Crippen LogP contribution in [0.2, 0.25) is 0 Å². The molecule has 0 spiro atoms. The molecular formula is C14H16BrF5N2O2S. The van der Waals surface area contributed by atoms with Gasteiger partial charge >= 0.3 is 6.18 Å². The van der Waals surface area contributed by atoms with E-state index in [1.54, 1.807) is 0 Å². The van der Waals surface area contributed by atoms with Gasteiger partial charge in [-0.05, 0) is 42.3 Å². The summed E-state index contributed by atoms with van der Waals surface area (Å²) >= 11 is 2.99. The minimum absolute atomic E-state index is 0.188. The fraction of sp³-hybridized carbons (Fsp3) is 0.571. The third-order valence-electron chi connectivity index (χ3n) is 3.76. The number of aromatic nitrogens is 1. The molecule has 0 aliphatic heterocycles. The van der Waals surface area contributed by atoms with Crippen LogP contribution in [0.5, 0.6) is 0 Å². The standard InChI is InChI=1S/C14H16BrF5N2O2S/c1-12(2,25(21)24)6-13(7-16,4-10(23)14(18,19)20)9-3-8(15)5-22-11(9)17/h3,5H,4,6-7,21H2,1-2H3/t13-,25?/m1/s1. The van der Waals surface area contributed by atoms with Crippen LogP contribution in [-0.2, 0) is 21.2 Å². The van der Waals surface area contributed by atoms with Crippen molar-refractivity contribution in [3.05, 3.63) is 28.2 Å². The molecule has 0 radical (unpaired) electrons. The van der Waals surface area contributed by atoms with E-state index in [0.29, 0.717) is 0 Å². The maximum Gasteiger partial charge on any atom is 0.450 e. The van der Waals surface area contributed by atoms with E-state index >= 15 is 0 Å². The van der Waals surface area contributed by atoms with Crippen LogP contribution < -0.4 is 5.14 Å². The molecule has 0 bridgehead atoms. The lowest BCUT2D eigenvalue weighted by Crippen LogP contribution is -2.45. The van der Waals surface area contributed by atoms with Crippen molar-refractivity contribution in [3.63, 3.8) is 0 Å². The van der Waals surface area contributed by atoms with Crippen LogP contribution in [0.1, 0.15) is 32.3 Å². The summed E-state index contributed by atoms with van der Waals surface area (Å²) < 4.78 is 76.8. The zero-order valence-electron chi connectivity index (χ0n) is 13.3. The molecule has 11 heteroatoms. The summed E-state index contributed by atoms with van der Waals surface area (Å²) in [6.45, 7) is 1.16. The summed E-state index contributed by atoms with van der Waals surface area (Å²) in [5.74, 6) is -3.43. The lowest BCUT2D eigenvalue weighted by atomic mass is 9.72. The van der Waals surface area contributed by atoms with E-state index in [1.807, 2.05) is 0 Å². The van der Waals surface area contributed by atoms with E-state index in [-0.39, 0.29) is 4.47 Å². The van der Waals surface area contributed by atoms with E-state index in [1.165, 1.54) is 13.8 Å². The Morgan fingerprint density at radius 3 is 2.36 bits per heavy atom. The number of hydrogen-bond donors (Lipinski definition) is 1. The van der Waals surface area contributed by atoms with Gasteiger partial charge in [-0.25, -0.2) is 9.19 Å². The van der Waals surface area contributed by atoms with Gasteiger partial charge in [-0.15, -0.1) is 0 Å². The van der Waals surface area contributed by atoms with Gasteiger partial charge < -0.3 is 0 Å². The number of pyridine rings is 1. The Morgan fingerprint density at radius 2 is 1.92 bits per heavy atom. The molecule has 1 unspecified atom stereocenters. The third-order valence-corrected chi connectivity index (χ3v) is 5.42. The number of alkyl halides is 4. The number of hydrogen-bond acceptors (Lipinski definition) is 3. The highest BCUT2D eigenvalue weighted by molar-refractivity contribution is 9.10. The second-order valence-electron chi connectivity index (χ2n) is 6.24. The largest absolute Gasteiger partial charge is 0.450 e. The molecule has 142 valence electrons. The zero-order chi connectivity index (χ0) is 19.6. The van der Waals surface area contributed by atoms with E-state index in [9.17, 15) is 31.0 Å². The monoisotopic (exact) mass is 450 g/mol. The van der Waals surface area contributed by atoms with Gasteiger partial charge in [0.05, 0.1) is 22.4 Å². The van der Waals surface area contributed by atoms with Crippen molar-refractivity contribution in [2.24, 2.45) is 5.14 Å². The molecule has 0 aliphatic carbocycles. The predicted octanol–water partition coefficient (Wildman–Crippen LogP) is 3.50. The van der Waals surface area contributed by atoms with E-state index in [4.69, 9.17) is 5.14 Å². The lowest BCUT2D eigenvalue weighted by Gasteiger charge is -2.37. The molecule has 0 saturated heterocycles. The highest BCUT2D eigenvalue weighted by Gasteiger charge is 2.49. The Bertz CT molecular complexity index is 684. The molecule has 1 aromatic heterocycles. The summed E-state index contributed by atoms with van der Waals surface area (Å²) in [5.41, 5.74) is -2.73. The summed E-state index contributed by atoms with van der Waals surface area (Å²) in [7, 11) is -2.06. The van der Waals surface area contributed by atoms with Gasteiger partial charge in [-0.1, -0.05) is 0 Å². The number of carbonyl (C=O) groups is 1. The number of nitrogens with zero attached hydrogens (tertiary/aromatic N) is 1. The minimum atomic E-state index is -5.22. The molecule has 0 fully saturated rings. The number of rotatable bonds is 7. The summed E-state index contributed by atoms with van der Waals surface area (Å²) in [6, 6.07) is 1.06. The number of carbonyl (C=O) groups excluding carboxylic acids is 1. The molecule has 0 amide bonds. The topological polar surface area (TPSA) is 73.1 Å². The van der Waals surface area contributed by atoms with Crippen molar-refractivity contribution in [2.75, 3.05) is 6.67 Å². The van der Waals surface area contributed by atoms with Crippen LogP contribution in [0.25, 0.3) is 0 Å². The molecule has 0 saturated carbocycles. The van der Waals surface area contributed by atoms with Crippen molar-refractivity contribution in [1.29, 1.82) is 0 Å². The van der Waals surface area contributed by atoms with E-state index in [2.05, 4.69) is 20.9 Å². The van der Waals surface area contributed by atoms with Crippen molar-refractivity contribution < 1.29 is 31.0 Å². The number of Topliss-reactive ketones (excluding diaryl/α,β-unsaturated/α-hetero) is 1. The quantitative estimate of drug-likeness (QED) is 0.510. The van der Waals surface area contributed by atoms with Gasteiger partial charge in [0, 0.05) is 28.1 Å². The van der Waals surface area contributed by atoms with Gasteiger partial charge in [0.15, 0.2) is 0 Å². The summed E-state index contributed by atoms with van der Waals surface area (Å²) in [5, 5.41) is 5.32. The van der Waals surface area contributed by atoms with E-state index < -0.39 is 64.1 Å². The van der Waals surface area contributed by atoms with E-state index in [0.717, 1.165) is 12.3 Å². The average Bonchev–Trinajstić information content (AvgIpc) is 2.47.